The Kier molecular flexibility index (Phi) is 5.02. The third kappa shape index (κ3) is 4.08. The number of rotatable bonds is 5. The zero-order valence-electron chi connectivity index (χ0n) is 12.7. The van der Waals surface area contributed by atoms with Gasteiger partial charge >= 0.3 is 0 Å². The van der Waals surface area contributed by atoms with E-state index in [1.807, 2.05) is 19.1 Å². The monoisotopic (exact) mass is 335 g/mol. The first-order valence-electron chi connectivity index (χ1n) is 6.91. The van der Waals surface area contributed by atoms with Gasteiger partial charge in [0.2, 0.25) is 0 Å². The van der Waals surface area contributed by atoms with Gasteiger partial charge in [0, 0.05) is 5.56 Å². The van der Waals surface area contributed by atoms with Crippen molar-refractivity contribution in [2.75, 3.05) is 12.4 Å². The van der Waals surface area contributed by atoms with Gasteiger partial charge in [0.05, 0.1) is 17.7 Å². The molecule has 0 aromatic heterocycles. The fourth-order valence-electron chi connectivity index (χ4n) is 2.03. The highest BCUT2D eigenvalue weighted by Gasteiger charge is 2.15. The van der Waals surface area contributed by atoms with Crippen molar-refractivity contribution in [2.45, 2.75) is 18.2 Å². The normalized spacial score (nSPS) is 11.1. The van der Waals surface area contributed by atoms with Crippen molar-refractivity contribution in [3.63, 3.8) is 0 Å². The Balaban J connectivity index is 2.31. The van der Waals surface area contributed by atoms with E-state index in [1.54, 1.807) is 12.1 Å². The fourth-order valence-corrected chi connectivity index (χ4v) is 2.54. The third-order valence-electron chi connectivity index (χ3n) is 3.34. The summed E-state index contributed by atoms with van der Waals surface area (Å²) in [5, 5.41) is 2.59. The number of carbonyl (C=O) groups excluding carboxylic acids is 1. The molecule has 2 aromatic carbocycles. The van der Waals surface area contributed by atoms with E-state index in [-0.39, 0.29) is 16.3 Å². The zero-order chi connectivity index (χ0) is 17.0. The molecule has 0 bridgehead atoms. The first-order valence-corrected chi connectivity index (χ1v) is 8.35. The quantitative estimate of drug-likeness (QED) is 0.820. The van der Waals surface area contributed by atoms with E-state index in [2.05, 4.69) is 5.32 Å². The molecule has 0 saturated heterocycles. The highest BCUT2D eigenvalue weighted by atomic mass is 32.2. The standard InChI is InChI=1S/C16H17NO5S/c1-3-11-4-6-12(7-5-11)16(18)17-14-10-13(23(19,20)21)8-9-15(14)22-2/h4-10H,3H2,1-2H3,(H,17,18)(H,19,20,21). The van der Waals surface area contributed by atoms with Crippen molar-refractivity contribution in [3.8, 4) is 5.75 Å². The lowest BCUT2D eigenvalue weighted by Gasteiger charge is -2.11. The molecule has 1 amide bonds. The lowest BCUT2D eigenvalue weighted by molar-refractivity contribution is 0.102. The molecule has 0 atom stereocenters. The molecular formula is C16H17NO5S. The van der Waals surface area contributed by atoms with Crippen molar-refractivity contribution in [2.24, 2.45) is 0 Å². The Morgan fingerprint density at radius 1 is 1.17 bits per heavy atom. The van der Waals surface area contributed by atoms with Crippen LogP contribution in [0.1, 0.15) is 22.8 Å². The summed E-state index contributed by atoms with van der Waals surface area (Å²) in [7, 11) is -2.97. The molecular weight excluding hydrogens is 318 g/mol. The molecule has 2 N–H and O–H groups in total. The highest BCUT2D eigenvalue weighted by molar-refractivity contribution is 7.85. The molecule has 2 rings (SSSR count). The summed E-state index contributed by atoms with van der Waals surface area (Å²) in [6.45, 7) is 2.01. The number of anilines is 1. The number of aryl methyl sites for hydroxylation is 1. The molecule has 7 heteroatoms. The molecule has 0 fully saturated rings. The van der Waals surface area contributed by atoms with E-state index >= 15 is 0 Å². The minimum atomic E-state index is -4.37. The topological polar surface area (TPSA) is 92.7 Å². The molecule has 0 aliphatic carbocycles. The van der Waals surface area contributed by atoms with Gasteiger partial charge in [-0.25, -0.2) is 0 Å². The van der Waals surface area contributed by atoms with Crippen LogP contribution in [0.25, 0.3) is 0 Å². The SMILES string of the molecule is CCc1ccc(C(=O)Nc2cc(S(=O)(=O)O)ccc2OC)cc1. The predicted octanol–water partition coefficient (Wildman–Crippen LogP) is 2.76. The van der Waals surface area contributed by atoms with Gasteiger partial charge in [-0.15, -0.1) is 0 Å². The average molecular weight is 335 g/mol. The smallest absolute Gasteiger partial charge is 0.294 e. The van der Waals surface area contributed by atoms with Crippen molar-refractivity contribution in [3.05, 3.63) is 53.6 Å². The first-order chi connectivity index (χ1) is 10.8. The number of methoxy groups -OCH3 is 1. The Morgan fingerprint density at radius 2 is 1.83 bits per heavy atom. The van der Waals surface area contributed by atoms with Gasteiger partial charge in [-0.3, -0.25) is 9.35 Å². The molecule has 2 aromatic rings. The molecule has 0 heterocycles. The predicted molar refractivity (Wildman–Crippen MR) is 86.6 cm³/mol. The molecule has 0 unspecified atom stereocenters. The maximum Gasteiger partial charge on any atom is 0.294 e. The van der Waals surface area contributed by atoms with Crippen LogP contribution in [0.15, 0.2) is 47.4 Å². The third-order valence-corrected chi connectivity index (χ3v) is 4.19. The van der Waals surface area contributed by atoms with Gasteiger partial charge < -0.3 is 10.1 Å². The maximum absolute atomic E-state index is 12.3. The van der Waals surface area contributed by atoms with Crippen LogP contribution in [0.5, 0.6) is 5.75 Å². The summed E-state index contributed by atoms with van der Waals surface area (Å²) in [4.78, 5) is 11.9. The van der Waals surface area contributed by atoms with E-state index < -0.39 is 16.0 Å². The van der Waals surface area contributed by atoms with Gasteiger partial charge in [-0.05, 0) is 42.3 Å². The second-order valence-electron chi connectivity index (χ2n) is 4.84. The lowest BCUT2D eigenvalue weighted by Crippen LogP contribution is -2.13. The van der Waals surface area contributed by atoms with E-state index in [0.29, 0.717) is 5.56 Å². The summed E-state index contributed by atoms with van der Waals surface area (Å²) in [6, 6.07) is 10.8. The van der Waals surface area contributed by atoms with Crippen molar-refractivity contribution in [1.82, 2.24) is 0 Å². The van der Waals surface area contributed by atoms with Crippen LogP contribution in [0.3, 0.4) is 0 Å². The van der Waals surface area contributed by atoms with E-state index in [1.165, 1.54) is 19.2 Å². The highest BCUT2D eigenvalue weighted by Crippen LogP contribution is 2.28. The molecule has 0 saturated carbocycles. The summed E-state index contributed by atoms with van der Waals surface area (Å²) in [6.07, 6.45) is 0.867. The van der Waals surface area contributed by atoms with Gasteiger partial charge in [0.15, 0.2) is 0 Å². The Hall–Kier alpha value is -2.38. The summed E-state index contributed by atoms with van der Waals surface area (Å²) in [5.74, 6) is -0.116. The summed E-state index contributed by atoms with van der Waals surface area (Å²) < 4.78 is 36.6. The zero-order valence-corrected chi connectivity index (χ0v) is 13.6. The van der Waals surface area contributed by atoms with Gasteiger partial charge in [-0.1, -0.05) is 19.1 Å². The number of nitrogens with one attached hydrogen (secondary N) is 1. The molecule has 6 nitrogen and oxygen atoms in total. The molecule has 0 aliphatic heterocycles. The number of carbonyl (C=O) groups is 1. The molecule has 0 aliphatic rings. The second kappa shape index (κ2) is 6.80. The number of hydrogen-bond acceptors (Lipinski definition) is 4. The van der Waals surface area contributed by atoms with Gasteiger partial charge in [0.25, 0.3) is 16.0 Å². The van der Waals surface area contributed by atoms with E-state index in [9.17, 15) is 13.2 Å². The number of ether oxygens (including phenoxy) is 1. The second-order valence-corrected chi connectivity index (χ2v) is 6.26. The average Bonchev–Trinajstić information content (AvgIpc) is 2.54. The van der Waals surface area contributed by atoms with Crippen molar-refractivity contribution < 1.29 is 22.5 Å². The number of benzene rings is 2. The van der Waals surface area contributed by atoms with Gasteiger partial charge in [0.1, 0.15) is 5.75 Å². The Morgan fingerprint density at radius 3 is 2.35 bits per heavy atom. The minimum absolute atomic E-state index is 0.159. The van der Waals surface area contributed by atoms with E-state index in [0.717, 1.165) is 18.1 Å². The van der Waals surface area contributed by atoms with Crippen molar-refractivity contribution in [1.29, 1.82) is 0 Å². The van der Waals surface area contributed by atoms with Crippen LogP contribution in [0.2, 0.25) is 0 Å². The number of amides is 1. The van der Waals surface area contributed by atoms with E-state index in [4.69, 9.17) is 9.29 Å². The van der Waals surface area contributed by atoms with Crippen LogP contribution in [0.4, 0.5) is 5.69 Å². The van der Waals surface area contributed by atoms with Crippen LogP contribution < -0.4 is 10.1 Å². The Bertz CT molecular complexity index is 813. The molecule has 0 radical (unpaired) electrons. The van der Waals surface area contributed by atoms with Crippen LogP contribution in [-0.2, 0) is 16.5 Å². The Labute approximate surface area is 134 Å². The van der Waals surface area contributed by atoms with Gasteiger partial charge in [-0.2, -0.15) is 8.42 Å². The molecule has 0 spiro atoms. The number of hydrogen-bond donors (Lipinski definition) is 2. The summed E-state index contributed by atoms with van der Waals surface area (Å²) in [5.41, 5.74) is 1.70. The van der Waals surface area contributed by atoms with Crippen LogP contribution in [0, 0.1) is 0 Å². The maximum atomic E-state index is 12.3. The summed E-state index contributed by atoms with van der Waals surface area (Å²) >= 11 is 0. The van der Waals surface area contributed by atoms with Crippen LogP contribution in [-0.4, -0.2) is 26.0 Å². The minimum Gasteiger partial charge on any atom is -0.495 e. The van der Waals surface area contributed by atoms with Crippen LogP contribution >= 0.6 is 0 Å². The lowest BCUT2D eigenvalue weighted by atomic mass is 10.1. The molecule has 122 valence electrons. The molecule has 23 heavy (non-hydrogen) atoms. The fraction of sp³-hybridized carbons (Fsp3) is 0.188. The van der Waals surface area contributed by atoms with Crippen molar-refractivity contribution >= 4 is 21.7 Å². The largest absolute Gasteiger partial charge is 0.495 e. The first kappa shape index (κ1) is 17.0.